The molecule has 2 aromatic rings. The van der Waals surface area contributed by atoms with Crippen LogP contribution >= 0.6 is 11.3 Å². The highest BCUT2D eigenvalue weighted by atomic mass is 32.1. The lowest BCUT2D eigenvalue weighted by atomic mass is 9.97. The van der Waals surface area contributed by atoms with Crippen molar-refractivity contribution < 1.29 is 4.79 Å². The summed E-state index contributed by atoms with van der Waals surface area (Å²) in [4.78, 5) is 31.4. The van der Waals surface area contributed by atoms with Gasteiger partial charge in [-0.2, -0.15) is 0 Å². The number of anilines is 1. The van der Waals surface area contributed by atoms with Crippen LogP contribution in [0.1, 0.15) is 31.1 Å². The average molecular weight is 431 g/mol. The summed E-state index contributed by atoms with van der Waals surface area (Å²) >= 11 is 1.74. The van der Waals surface area contributed by atoms with E-state index in [1.54, 1.807) is 17.7 Å². The molecule has 0 spiro atoms. The first-order valence-electron chi connectivity index (χ1n) is 11.3. The van der Waals surface area contributed by atoms with Crippen molar-refractivity contribution in [1.29, 1.82) is 0 Å². The molecule has 2 saturated heterocycles. The van der Waals surface area contributed by atoms with E-state index in [0.717, 1.165) is 94.1 Å². The van der Waals surface area contributed by atoms with Crippen LogP contribution in [0.4, 0.5) is 5.82 Å². The second kappa shape index (κ2) is 10.0. The van der Waals surface area contributed by atoms with Crippen LogP contribution in [0, 0.1) is 5.92 Å². The Morgan fingerprint density at radius 3 is 2.87 bits per heavy atom. The quantitative estimate of drug-likeness (QED) is 0.680. The van der Waals surface area contributed by atoms with Gasteiger partial charge in [-0.15, -0.1) is 11.3 Å². The summed E-state index contributed by atoms with van der Waals surface area (Å²) in [6, 6.07) is 2.22. The Morgan fingerprint density at radius 1 is 1.23 bits per heavy atom. The number of piperazine rings is 1. The van der Waals surface area contributed by atoms with E-state index in [9.17, 15) is 4.79 Å². The molecule has 2 aliphatic heterocycles. The Morgan fingerprint density at radius 2 is 2.07 bits per heavy atom. The summed E-state index contributed by atoms with van der Waals surface area (Å²) in [5.74, 6) is 1.23. The summed E-state index contributed by atoms with van der Waals surface area (Å²) in [5, 5.41) is 4.32. The first kappa shape index (κ1) is 21.5. The highest BCUT2D eigenvalue weighted by Gasteiger charge is 2.27. The Hall–Kier alpha value is -1.77. The number of carbonyl (C=O) groups is 1. The van der Waals surface area contributed by atoms with Crippen molar-refractivity contribution in [2.45, 2.75) is 32.6 Å². The van der Waals surface area contributed by atoms with Crippen molar-refractivity contribution in [1.82, 2.24) is 25.1 Å². The lowest BCUT2D eigenvalue weighted by molar-refractivity contribution is -0.125. The smallest absolute Gasteiger partial charge is 0.224 e. The molecule has 7 nitrogen and oxygen atoms in total. The molecule has 4 rings (SSSR count). The maximum absolute atomic E-state index is 12.8. The van der Waals surface area contributed by atoms with Crippen molar-refractivity contribution in [2.75, 3.05) is 64.3 Å². The first-order valence-corrected chi connectivity index (χ1v) is 12.1. The van der Waals surface area contributed by atoms with Crippen molar-refractivity contribution in [3.05, 3.63) is 17.3 Å². The fourth-order valence-corrected chi connectivity index (χ4v) is 5.36. The Balaban J connectivity index is 1.28. The van der Waals surface area contributed by atoms with Gasteiger partial charge in [0.05, 0.1) is 11.3 Å². The van der Waals surface area contributed by atoms with E-state index in [1.807, 2.05) is 0 Å². The zero-order valence-corrected chi connectivity index (χ0v) is 19.1. The third kappa shape index (κ3) is 5.10. The number of hydrogen-bond acceptors (Lipinski definition) is 7. The second-order valence-corrected chi connectivity index (χ2v) is 9.67. The normalized spacial score (nSPS) is 21.3. The minimum absolute atomic E-state index is 0.0386. The zero-order valence-electron chi connectivity index (χ0n) is 18.3. The number of hydrogen-bond donors (Lipinski definition) is 1. The van der Waals surface area contributed by atoms with E-state index in [1.165, 1.54) is 4.88 Å². The number of nitrogens with one attached hydrogen (secondary N) is 1. The monoisotopic (exact) mass is 430 g/mol. The SMILES string of the molecule is CCc1cc2c(N3CCC[C@@H](C(=O)NCCCN4CCN(C)CC4)C3)ncnc2s1. The largest absolute Gasteiger partial charge is 0.356 e. The summed E-state index contributed by atoms with van der Waals surface area (Å²) in [6.07, 6.45) is 5.68. The number of carbonyl (C=O) groups excluding carboxylic acids is 1. The van der Waals surface area contributed by atoms with Crippen LogP contribution in [0.3, 0.4) is 0 Å². The fourth-order valence-electron chi connectivity index (χ4n) is 4.43. The third-order valence-corrected chi connectivity index (χ3v) is 7.53. The van der Waals surface area contributed by atoms with Crippen LogP contribution in [0.2, 0.25) is 0 Å². The van der Waals surface area contributed by atoms with Crippen LogP contribution in [-0.2, 0) is 11.2 Å². The molecular formula is C22H34N6OS. The molecule has 1 atom stereocenters. The molecule has 30 heavy (non-hydrogen) atoms. The average Bonchev–Trinajstić information content (AvgIpc) is 3.21. The molecule has 0 aliphatic carbocycles. The van der Waals surface area contributed by atoms with E-state index < -0.39 is 0 Å². The standard InChI is InChI=1S/C22H34N6OS/c1-3-18-14-19-20(24-16-25-22(19)30-18)28-9-4-6-17(15-28)21(29)23-7-5-8-27-12-10-26(2)11-13-27/h14,16-17H,3-13,15H2,1-2H3,(H,23,29)/t17-/m1/s1. The zero-order chi connectivity index (χ0) is 20.9. The van der Waals surface area contributed by atoms with Gasteiger partial charge in [-0.1, -0.05) is 6.92 Å². The number of aryl methyl sites for hydroxylation is 1. The summed E-state index contributed by atoms with van der Waals surface area (Å²) in [5.41, 5.74) is 0. The molecule has 0 radical (unpaired) electrons. The van der Waals surface area contributed by atoms with Gasteiger partial charge in [-0.05, 0) is 45.3 Å². The van der Waals surface area contributed by atoms with Crippen LogP contribution in [-0.4, -0.2) is 85.1 Å². The molecule has 0 saturated carbocycles. The van der Waals surface area contributed by atoms with E-state index in [2.05, 4.69) is 50.0 Å². The molecular weight excluding hydrogens is 396 g/mol. The number of thiophene rings is 1. The summed E-state index contributed by atoms with van der Waals surface area (Å²) in [7, 11) is 2.18. The van der Waals surface area contributed by atoms with Gasteiger partial charge in [-0.3, -0.25) is 4.79 Å². The molecule has 164 valence electrons. The number of fused-ring (bicyclic) bond motifs is 1. The van der Waals surface area contributed by atoms with Crippen LogP contribution in [0.15, 0.2) is 12.4 Å². The molecule has 2 fully saturated rings. The third-order valence-electron chi connectivity index (χ3n) is 6.35. The minimum atomic E-state index is 0.0386. The summed E-state index contributed by atoms with van der Waals surface area (Å²) in [6.45, 7) is 10.3. The highest BCUT2D eigenvalue weighted by Crippen LogP contribution is 2.32. The topological polar surface area (TPSA) is 64.6 Å². The van der Waals surface area contributed by atoms with Crippen molar-refractivity contribution in [3.8, 4) is 0 Å². The first-order chi connectivity index (χ1) is 14.6. The molecule has 1 N–H and O–H groups in total. The molecule has 4 heterocycles. The molecule has 0 aromatic carbocycles. The van der Waals surface area contributed by atoms with E-state index in [0.29, 0.717) is 0 Å². The number of rotatable bonds is 7. The molecule has 2 aromatic heterocycles. The maximum atomic E-state index is 12.8. The van der Waals surface area contributed by atoms with Crippen LogP contribution < -0.4 is 10.2 Å². The van der Waals surface area contributed by atoms with E-state index >= 15 is 0 Å². The Labute approximate surface area is 183 Å². The van der Waals surface area contributed by atoms with Crippen molar-refractivity contribution >= 4 is 33.3 Å². The predicted molar refractivity (Wildman–Crippen MR) is 123 cm³/mol. The molecule has 2 aliphatic rings. The molecule has 0 unspecified atom stereocenters. The van der Waals surface area contributed by atoms with Gasteiger partial charge in [0.2, 0.25) is 5.91 Å². The number of aromatic nitrogens is 2. The maximum Gasteiger partial charge on any atom is 0.224 e. The van der Waals surface area contributed by atoms with Crippen LogP contribution in [0.5, 0.6) is 0 Å². The van der Waals surface area contributed by atoms with Gasteiger partial charge in [-0.25, -0.2) is 9.97 Å². The number of amides is 1. The lowest BCUT2D eigenvalue weighted by Crippen LogP contribution is -2.46. The van der Waals surface area contributed by atoms with E-state index in [4.69, 9.17) is 0 Å². The van der Waals surface area contributed by atoms with Gasteiger partial charge in [0.25, 0.3) is 0 Å². The highest BCUT2D eigenvalue weighted by molar-refractivity contribution is 7.18. The van der Waals surface area contributed by atoms with Crippen LogP contribution in [0.25, 0.3) is 10.2 Å². The van der Waals surface area contributed by atoms with E-state index in [-0.39, 0.29) is 11.8 Å². The number of likely N-dealkylation sites (N-methyl/N-ethyl adjacent to an activating group) is 1. The fraction of sp³-hybridized carbons (Fsp3) is 0.682. The Bertz CT molecular complexity index is 847. The van der Waals surface area contributed by atoms with Crippen molar-refractivity contribution in [3.63, 3.8) is 0 Å². The van der Waals surface area contributed by atoms with Gasteiger partial charge >= 0.3 is 0 Å². The molecule has 1 amide bonds. The Kier molecular flexibility index (Phi) is 7.17. The summed E-state index contributed by atoms with van der Waals surface area (Å²) < 4.78 is 0. The second-order valence-electron chi connectivity index (χ2n) is 8.56. The van der Waals surface area contributed by atoms with Crippen molar-refractivity contribution in [2.24, 2.45) is 5.92 Å². The number of nitrogens with zero attached hydrogens (tertiary/aromatic N) is 5. The number of piperidine rings is 1. The van der Waals surface area contributed by atoms with Gasteiger partial charge in [0, 0.05) is 50.7 Å². The molecule has 8 heteroatoms. The molecule has 0 bridgehead atoms. The lowest BCUT2D eigenvalue weighted by Gasteiger charge is -2.33. The minimum Gasteiger partial charge on any atom is -0.356 e. The van der Waals surface area contributed by atoms with Gasteiger partial charge < -0.3 is 20.0 Å². The predicted octanol–water partition coefficient (Wildman–Crippen LogP) is 2.22. The van der Waals surface area contributed by atoms with Gasteiger partial charge in [0.15, 0.2) is 0 Å². The van der Waals surface area contributed by atoms with Gasteiger partial charge in [0.1, 0.15) is 17.0 Å².